The Bertz CT molecular complexity index is 443. The zero-order valence-corrected chi connectivity index (χ0v) is 10.1. The lowest BCUT2D eigenvalue weighted by molar-refractivity contribution is 1.14. The highest BCUT2D eigenvalue weighted by Gasteiger charge is 2.03. The van der Waals surface area contributed by atoms with Gasteiger partial charge in [0, 0.05) is 14.0 Å². The van der Waals surface area contributed by atoms with E-state index in [1.54, 1.807) is 0 Å². The molecule has 0 aliphatic heterocycles. The first-order valence-corrected chi connectivity index (χ1v) is 6.00. The Balaban J connectivity index is 2.75. The molecule has 1 aromatic heterocycles. The quantitative estimate of drug-likeness (QED) is 0.702. The van der Waals surface area contributed by atoms with Crippen molar-refractivity contribution in [3.63, 3.8) is 0 Å². The summed E-state index contributed by atoms with van der Waals surface area (Å²) in [6.45, 7) is 4.34. The van der Waals surface area contributed by atoms with Crippen molar-refractivity contribution in [2.24, 2.45) is 0 Å². The van der Waals surface area contributed by atoms with Crippen molar-refractivity contribution < 1.29 is 0 Å². The van der Waals surface area contributed by atoms with E-state index in [-0.39, 0.29) is 0 Å². The Labute approximate surface area is 90.7 Å². The van der Waals surface area contributed by atoms with Crippen molar-refractivity contribution in [1.82, 2.24) is 0 Å². The minimum atomic E-state index is 1.10. The molecule has 2 aromatic rings. The van der Waals surface area contributed by atoms with Gasteiger partial charge in [0.1, 0.15) is 0 Å². The third-order valence-electron chi connectivity index (χ3n) is 2.16. The van der Waals surface area contributed by atoms with Gasteiger partial charge in [-0.1, -0.05) is 13.0 Å². The summed E-state index contributed by atoms with van der Waals surface area (Å²) in [6.07, 6.45) is 1.10. The second kappa shape index (κ2) is 3.43. The van der Waals surface area contributed by atoms with Crippen molar-refractivity contribution in [2.75, 3.05) is 0 Å². The van der Waals surface area contributed by atoms with Crippen LogP contribution in [0.4, 0.5) is 0 Å². The molecule has 0 nitrogen and oxygen atoms in total. The normalized spacial score (nSPS) is 11.0. The van der Waals surface area contributed by atoms with Crippen LogP contribution in [0.2, 0.25) is 0 Å². The molecule has 2 heteroatoms. The number of benzene rings is 1. The molecular formula is C11H11BrS. The number of hydrogen-bond acceptors (Lipinski definition) is 1. The summed E-state index contributed by atoms with van der Waals surface area (Å²) in [4.78, 5) is 1.38. The highest BCUT2D eigenvalue weighted by molar-refractivity contribution is 9.10. The van der Waals surface area contributed by atoms with Crippen molar-refractivity contribution in [3.05, 3.63) is 33.1 Å². The van der Waals surface area contributed by atoms with E-state index in [4.69, 9.17) is 0 Å². The van der Waals surface area contributed by atoms with Crippen LogP contribution in [0.1, 0.15) is 17.4 Å². The van der Waals surface area contributed by atoms with Crippen LogP contribution in [0, 0.1) is 6.92 Å². The largest absolute Gasteiger partial charge is 0.139 e. The lowest BCUT2D eigenvalue weighted by atomic mass is 10.1. The molecule has 0 radical (unpaired) electrons. The Morgan fingerprint density at radius 1 is 1.31 bits per heavy atom. The van der Waals surface area contributed by atoms with Crippen LogP contribution in [0.25, 0.3) is 10.1 Å². The SMILES string of the molecule is CCc1cc(Br)c2sc(C)cc2c1. The first-order chi connectivity index (χ1) is 6.20. The summed E-state index contributed by atoms with van der Waals surface area (Å²) in [5, 5.41) is 1.37. The highest BCUT2D eigenvalue weighted by atomic mass is 79.9. The van der Waals surface area contributed by atoms with Crippen molar-refractivity contribution in [1.29, 1.82) is 0 Å². The fourth-order valence-corrected chi connectivity index (χ4v) is 3.17. The average Bonchev–Trinajstić information content (AvgIpc) is 2.46. The Hall–Kier alpha value is -0.340. The van der Waals surface area contributed by atoms with E-state index < -0.39 is 0 Å². The van der Waals surface area contributed by atoms with Gasteiger partial charge in [0.2, 0.25) is 0 Å². The molecule has 0 unspecified atom stereocenters. The maximum absolute atomic E-state index is 3.61. The molecule has 1 aromatic carbocycles. The standard InChI is InChI=1S/C11H11BrS/c1-3-8-5-9-4-7(2)13-11(9)10(12)6-8/h4-6H,3H2,1-2H3. The van der Waals surface area contributed by atoms with Gasteiger partial charge in [-0.2, -0.15) is 0 Å². The number of aryl methyl sites for hydroxylation is 2. The predicted octanol–water partition coefficient (Wildman–Crippen LogP) is 4.53. The van der Waals surface area contributed by atoms with Crippen molar-refractivity contribution >= 4 is 37.4 Å². The molecule has 0 aliphatic carbocycles. The third kappa shape index (κ3) is 1.65. The smallest absolute Gasteiger partial charge is 0.0487 e. The zero-order valence-electron chi connectivity index (χ0n) is 7.73. The van der Waals surface area contributed by atoms with E-state index in [9.17, 15) is 0 Å². The maximum atomic E-state index is 3.61. The predicted molar refractivity (Wildman–Crippen MR) is 63.6 cm³/mol. The summed E-state index contributed by atoms with van der Waals surface area (Å²) in [5.74, 6) is 0. The summed E-state index contributed by atoms with van der Waals surface area (Å²) in [6, 6.07) is 6.76. The fourth-order valence-electron chi connectivity index (χ4n) is 1.50. The molecule has 0 atom stereocenters. The number of fused-ring (bicyclic) bond motifs is 1. The maximum Gasteiger partial charge on any atom is 0.0487 e. The van der Waals surface area contributed by atoms with Crippen molar-refractivity contribution in [3.8, 4) is 0 Å². The van der Waals surface area contributed by atoms with Gasteiger partial charge in [-0.15, -0.1) is 11.3 Å². The summed E-state index contributed by atoms with van der Waals surface area (Å²) >= 11 is 5.46. The topological polar surface area (TPSA) is 0 Å². The van der Waals surface area contributed by atoms with Gasteiger partial charge in [0.15, 0.2) is 0 Å². The number of hydrogen-bond donors (Lipinski definition) is 0. The summed E-state index contributed by atoms with van der Waals surface area (Å²) in [7, 11) is 0. The molecule has 0 spiro atoms. The van der Waals surface area contributed by atoms with Crippen molar-refractivity contribution in [2.45, 2.75) is 20.3 Å². The van der Waals surface area contributed by atoms with Crippen LogP contribution in [0.3, 0.4) is 0 Å². The Morgan fingerprint density at radius 3 is 2.77 bits per heavy atom. The van der Waals surface area contributed by atoms with E-state index in [2.05, 4.69) is 48.0 Å². The second-order valence-electron chi connectivity index (χ2n) is 3.21. The molecule has 0 fully saturated rings. The van der Waals surface area contributed by atoms with Gasteiger partial charge in [-0.3, -0.25) is 0 Å². The van der Waals surface area contributed by atoms with E-state index in [1.807, 2.05) is 11.3 Å². The van der Waals surface area contributed by atoms with Gasteiger partial charge in [-0.25, -0.2) is 0 Å². The van der Waals surface area contributed by atoms with Gasteiger partial charge in [0.05, 0.1) is 0 Å². The summed E-state index contributed by atoms with van der Waals surface area (Å²) < 4.78 is 2.61. The van der Waals surface area contributed by atoms with Gasteiger partial charge >= 0.3 is 0 Å². The highest BCUT2D eigenvalue weighted by Crippen LogP contribution is 2.32. The molecule has 0 saturated heterocycles. The number of thiophene rings is 1. The fraction of sp³-hybridized carbons (Fsp3) is 0.273. The molecule has 0 bridgehead atoms. The number of rotatable bonds is 1. The van der Waals surface area contributed by atoms with Crippen LogP contribution in [0.15, 0.2) is 22.7 Å². The molecule has 68 valence electrons. The van der Waals surface area contributed by atoms with E-state index in [1.165, 1.54) is 25.0 Å². The lowest BCUT2D eigenvalue weighted by Gasteiger charge is -1.98. The van der Waals surface area contributed by atoms with E-state index in [0.717, 1.165) is 6.42 Å². The molecular weight excluding hydrogens is 244 g/mol. The second-order valence-corrected chi connectivity index (χ2v) is 5.32. The van der Waals surface area contributed by atoms with Crippen LogP contribution in [-0.4, -0.2) is 0 Å². The van der Waals surface area contributed by atoms with E-state index in [0.29, 0.717) is 0 Å². The molecule has 0 saturated carbocycles. The molecule has 0 amide bonds. The van der Waals surface area contributed by atoms with Gasteiger partial charge < -0.3 is 0 Å². The minimum absolute atomic E-state index is 1.10. The Kier molecular flexibility index (Phi) is 2.43. The molecule has 1 heterocycles. The monoisotopic (exact) mass is 254 g/mol. The van der Waals surface area contributed by atoms with E-state index >= 15 is 0 Å². The third-order valence-corrected chi connectivity index (χ3v) is 4.15. The number of halogens is 1. The molecule has 2 rings (SSSR count). The molecule has 13 heavy (non-hydrogen) atoms. The lowest BCUT2D eigenvalue weighted by Crippen LogP contribution is -1.78. The zero-order chi connectivity index (χ0) is 9.42. The van der Waals surface area contributed by atoms with Crippen LogP contribution < -0.4 is 0 Å². The van der Waals surface area contributed by atoms with Gasteiger partial charge in [0.25, 0.3) is 0 Å². The van der Waals surface area contributed by atoms with Crippen LogP contribution in [-0.2, 0) is 6.42 Å². The van der Waals surface area contributed by atoms with Crippen LogP contribution >= 0.6 is 27.3 Å². The average molecular weight is 255 g/mol. The molecule has 0 N–H and O–H groups in total. The van der Waals surface area contributed by atoms with Crippen LogP contribution in [0.5, 0.6) is 0 Å². The first kappa shape index (κ1) is 9.22. The minimum Gasteiger partial charge on any atom is -0.139 e. The Morgan fingerprint density at radius 2 is 2.08 bits per heavy atom. The molecule has 0 aliphatic rings. The van der Waals surface area contributed by atoms with Gasteiger partial charge in [-0.05, 0) is 52.4 Å². The summed E-state index contributed by atoms with van der Waals surface area (Å²) in [5.41, 5.74) is 1.40. The first-order valence-electron chi connectivity index (χ1n) is 4.39.